The molecule has 1 aromatic rings. The Morgan fingerprint density at radius 3 is 2.72 bits per heavy atom. The molecule has 0 saturated carbocycles. The van der Waals surface area contributed by atoms with E-state index in [1.165, 1.54) is 12.1 Å². The fourth-order valence-corrected chi connectivity index (χ4v) is 4.15. The average molecular weight is 273 g/mol. The van der Waals surface area contributed by atoms with E-state index in [0.717, 1.165) is 5.56 Å². The van der Waals surface area contributed by atoms with Crippen molar-refractivity contribution in [3.05, 3.63) is 35.6 Å². The van der Waals surface area contributed by atoms with Gasteiger partial charge in [0, 0.05) is 6.54 Å². The molecule has 0 aliphatic carbocycles. The molecule has 0 amide bonds. The first-order valence-electron chi connectivity index (χ1n) is 5.70. The Labute approximate surface area is 106 Å². The van der Waals surface area contributed by atoms with E-state index in [0.29, 0.717) is 6.54 Å². The Balaban J connectivity index is 2.07. The van der Waals surface area contributed by atoms with Gasteiger partial charge in [0.2, 0.25) is 0 Å². The van der Waals surface area contributed by atoms with Gasteiger partial charge in [0.05, 0.1) is 23.7 Å². The van der Waals surface area contributed by atoms with Crippen molar-refractivity contribution in [2.45, 2.75) is 18.7 Å². The summed E-state index contributed by atoms with van der Waals surface area (Å²) < 4.78 is 35.9. The summed E-state index contributed by atoms with van der Waals surface area (Å²) in [6, 6.07) is 5.73. The van der Waals surface area contributed by atoms with Gasteiger partial charge in [-0.05, 0) is 24.7 Å². The van der Waals surface area contributed by atoms with Crippen LogP contribution in [0.5, 0.6) is 0 Å². The number of halogens is 1. The second-order valence-corrected chi connectivity index (χ2v) is 6.91. The molecule has 0 radical (unpaired) electrons. The van der Waals surface area contributed by atoms with Crippen LogP contribution in [0.4, 0.5) is 4.39 Å². The fraction of sp³-hybridized carbons (Fsp3) is 0.500. The monoisotopic (exact) mass is 273 g/mol. The fourth-order valence-electron chi connectivity index (χ4n) is 2.27. The molecule has 2 atom stereocenters. The van der Waals surface area contributed by atoms with Crippen LogP contribution in [0.25, 0.3) is 0 Å². The van der Waals surface area contributed by atoms with Gasteiger partial charge in [0.15, 0.2) is 9.84 Å². The third-order valence-corrected chi connectivity index (χ3v) is 4.88. The van der Waals surface area contributed by atoms with Crippen molar-refractivity contribution in [2.75, 3.05) is 18.6 Å². The maximum Gasteiger partial charge on any atom is 0.154 e. The third kappa shape index (κ3) is 3.07. The van der Waals surface area contributed by atoms with E-state index in [1.807, 2.05) is 0 Å². The van der Waals surface area contributed by atoms with E-state index in [-0.39, 0.29) is 17.3 Å². The zero-order valence-electron chi connectivity index (χ0n) is 10.1. The number of likely N-dealkylation sites (N-methyl/N-ethyl adjacent to an activating group) is 1. The summed E-state index contributed by atoms with van der Waals surface area (Å²) in [6.45, 7) is 0.412. The number of hydrogen-bond acceptors (Lipinski definition) is 4. The van der Waals surface area contributed by atoms with Gasteiger partial charge in [-0.3, -0.25) is 4.90 Å². The summed E-state index contributed by atoms with van der Waals surface area (Å²) in [5.41, 5.74) is 0.758. The highest BCUT2D eigenvalue weighted by Crippen LogP contribution is 2.19. The van der Waals surface area contributed by atoms with Crippen LogP contribution in [0.3, 0.4) is 0 Å². The van der Waals surface area contributed by atoms with E-state index in [4.69, 9.17) is 0 Å². The number of aliphatic hydroxyl groups is 1. The SMILES string of the molecule is CN(Cc1cccc(F)c1)[C@@H]1CS(=O)(=O)C[C@@H]1O. The van der Waals surface area contributed by atoms with Crippen LogP contribution in [0.15, 0.2) is 24.3 Å². The molecular formula is C12H16FNO3S. The molecule has 2 rings (SSSR count). The number of sulfone groups is 1. The highest BCUT2D eigenvalue weighted by molar-refractivity contribution is 7.91. The van der Waals surface area contributed by atoms with Gasteiger partial charge in [-0.25, -0.2) is 12.8 Å². The summed E-state index contributed by atoms with van der Waals surface area (Å²) in [5, 5.41) is 9.73. The van der Waals surface area contributed by atoms with Gasteiger partial charge < -0.3 is 5.11 Å². The summed E-state index contributed by atoms with van der Waals surface area (Å²) in [5.74, 6) is -0.550. The predicted molar refractivity (Wildman–Crippen MR) is 66.3 cm³/mol. The first-order valence-corrected chi connectivity index (χ1v) is 7.53. The molecule has 1 aromatic carbocycles. The van der Waals surface area contributed by atoms with Crippen molar-refractivity contribution in [3.63, 3.8) is 0 Å². The van der Waals surface area contributed by atoms with Crippen molar-refractivity contribution in [3.8, 4) is 0 Å². The normalized spacial score (nSPS) is 26.7. The van der Waals surface area contributed by atoms with Gasteiger partial charge in [-0.15, -0.1) is 0 Å². The summed E-state index contributed by atoms with van der Waals surface area (Å²) in [6.07, 6.45) is -0.867. The van der Waals surface area contributed by atoms with E-state index in [2.05, 4.69) is 0 Å². The lowest BCUT2D eigenvalue weighted by atomic mass is 10.1. The van der Waals surface area contributed by atoms with Crippen LogP contribution < -0.4 is 0 Å². The number of benzene rings is 1. The smallest absolute Gasteiger partial charge is 0.154 e. The molecule has 1 heterocycles. The maximum atomic E-state index is 13.0. The van der Waals surface area contributed by atoms with Crippen LogP contribution in [-0.2, 0) is 16.4 Å². The highest BCUT2D eigenvalue weighted by Gasteiger charge is 2.38. The molecule has 1 aliphatic heterocycles. The maximum absolute atomic E-state index is 13.0. The number of hydrogen-bond donors (Lipinski definition) is 1. The lowest BCUT2D eigenvalue weighted by Gasteiger charge is -2.25. The molecule has 0 spiro atoms. The molecule has 1 N–H and O–H groups in total. The van der Waals surface area contributed by atoms with Crippen molar-refractivity contribution < 1.29 is 17.9 Å². The van der Waals surface area contributed by atoms with Gasteiger partial charge in [-0.2, -0.15) is 0 Å². The van der Waals surface area contributed by atoms with Gasteiger partial charge in [0.1, 0.15) is 5.82 Å². The molecule has 0 unspecified atom stereocenters. The Morgan fingerprint density at radius 1 is 1.44 bits per heavy atom. The lowest BCUT2D eigenvalue weighted by Crippen LogP contribution is -2.40. The Morgan fingerprint density at radius 2 is 2.17 bits per heavy atom. The van der Waals surface area contributed by atoms with Crippen LogP contribution in [0.1, 0.15) is 5.56 Å². The topological polar surface area (TPSA) is 57.6 Å². The van der Waals surface area contributed by atoms with Crippen molar-refractivity contribution in [1.29, 1.82) is 0 Å². The molecule has 100 valence electrons. The number of nitrogens with zero attached hydrogens (tertiary/aromatic N) is 1. The highest BCUT2D eigenvalue weighted by atomic mass is 32.2. The molecule has 1 aliphatic rings. The summed E-state index contributed by atoms with van der Waals surface area (Å²) >= 11 is 0. The molecule has 1 saturated heterocycles. The standard InChI is InChI=1S/C12H16FNO3S/c1-14(6-9-3-2-4-10(13)5-9)11-7-18(16,17)8-12(11)15/h2-5,11-12,15H,6-8H2,1H3/t11-,12+/m1/s1. The van der Waals surface area contributed by atoms with Crippen molar-refractivity contribution in [2.24, 2.45) is 0 Å². The van der Waals surface area contributed by atoms with E-state index in [9.17, 15) is 17.9 Å². The Kier molecular flexibility index (Phi) is 3.70. The van der Waals surface area contributed by atoms with Gasteiger partial charge >= 0.3 is 0 Å². The van der Waals surface area contributed by atoms with Crippen molar-refractivity contribution in [1.82, 2.24) is 4.90 Å². The number of aliphatic hydroxyl groups excluding tert-OH is 1. The quantitative estimate of drug-likeness (QED) is 0.867. The summed E-state index contributed by atoms with van der Waals surface area (Å²) in [7, 11) is -1.42. The predicted octanol–water partition coefficient (Wildman–Crippen LogP) is 0.415. The Hall–Kier alpha value is -0.980. The second-order valence-electron chi connectivity index (χ2n) is 4.76. The lowest BCUT2D eigenvalue weighted by molar-refractivity contribution is 0.0957. The van der Waals surface area contributed by atoms with Gasteiger partial charge in [-0.1, -0.05) is 12.1 Å². The minimum atomic E-state index is -3.16. The Bertz CT molecular complexity index is 532. The van der Waals surface area contributed by atoms with Crippen molar-refractivity contribution >= 4 is 9.84 Å². The van der Waals surface area contributed by atoms with E-state index < -0.39 is 22.0 Å². The zero-order chi connectivity index (χ0) is 13.3. The van der Waals surface area contributed by atoms with E-state index >= 15 is 0 Å². The van der Waals surface area contributed by atoms with Crippen LogP contribution in [-0.4, -0.2) is 49.1 Å². The van der Waals surface area contributed by atoms with Crippen LogP contribution in [0.2, 0.25) is 0 Å². The molecule has 0 aromatic heterocycles. The summed E-state index contributed by atoms with van der Waals surface area (Å²) in [4.78, 5) is 1.75. The first-order chi connectivity index (χ1) is 8.37. The largest absolute Gasteiger partial charge is 0.390 e. The molecular weight excluding hydrogens is 257 g/mol. The van der Waals surface area contributed by atoms with Crippen LogP contribution in [0, 0.1) is 5.82 Å². The minimum Gasteiger partial charge on any atom is -0.390 e. The molecule has 6 heteroatoms. The minimum absolute atomic E-state index is 0.0417. The third-order valence-electron chi connectivity index (χ3n) is 3.18. The molecule has 0 bridgehead atoms. The zero-order valence-corrected chi connectivity index (χ0v) is 10.9. The second kappa shape index (κ2) is 4.95. The van der Waals surface area contributed by atoms with Gasteiger partial charge in [0.25, 0.3) is 0 Å². The number of rotatable bonds is 3. The molecule has 1 fully saturated rings. The first kappa shape index (κ1) is 13.5. The molecule has 4 nitrogen and oxygen atoms in total. The molecule has 18 heavy (non-hydrogen) atoms. The van der Waals surface area contributed by atoms with E-state index in [1.54, 1.807) is 24.1 Å². The van der Waals surface area contributed by atoms with Crippen LogP contribution >= 0.6 is 0 Å². The average Bonchev–Trinajstić information content (AvgIpc) is 2.52.